The quantitative estimate of drug-likeness (QED) is 0.210. The molecule has 0 spiro atoms. The summed E-state index contributed by atoms with van der Waals surface area (Å²) in [6, 6.07) is 0. The Morgan fingerprint density at radius 3 is 2.69 bits per heavy atom. The van der Waals surface area contributed by atoms with E-state index >= 15 is 0 Å². The Balaban J connectivity index is 3.32. The van der Waals surface area contributed by atoms with Crippen LogP contribution in [0.3, 0.4) is 0 Å². The van der Waals surface area contributed by atoms with Gasteiger partial charge >= 0.3 is 0 Å². The third-order valence-corrected chi connectivity index (χ3v) is 1.90. The summed E-state index contributed by atoms with van der Waals surface area (Å²) in [5, 5.41) is 11.2. The molecule has 4 nitrogen and oxygen atoms in total. The van der Waals surface area contributed by atoms with Crippen LogP contribution in [0, 0.1) is 0 Å². The second kappa shape index (κ2) is 7.86. The lowest BCUT2D eigenvalue weighted by atomic mass is 10.2. The monoisotopic (exact) mass is 188 g/mol. The summed E-state index contributed by atoms with van der Waals surface area (Å²) in [6.45, 7) is 4.62. The maximum atomic E-state index is 8.33. The van der Waals surface area contributed by atoms with Crippen LogP contribution in [0.1, 0.15) is 39.5 Å². The summed E-state index contributed by atoms with van der Waals surface area (Å²) in [4.78, 5) is 0. The highest BCUT2D eigenvalue weighted by atomic mass is 16.5. The molecular weight excluding hydrogens is 168 g/mol. The molecule has 0 saturated heterocycles. The van der Waals surface area contributed by atoms with Crippen LogP contribution < -0.4 is 5.73 Å². The predicted octanol–water partition coefficient (Wildman–Crippen LogP) is 1.72. The molecule has 0 amide bonds. The topological polar surface area (TPSA) is 67.8 Å². The molecule has 1 atom stereocenters. The van der Waals surface area contributed by atoms with Gasteiger partial charge in [-0.2, -0.15) is 0 Å². The highest BCUT2D eigenvalue weighted by molar-refractivity contribution is 5.83. The fourth-order valence-corrected chi connectivity index (χ4v) is 0.956. The maximum absolute atomic E-state index is 8.33. The van der Waals surface area contributed by atoms with E-state index in [1.165, 1.54) is 19.3 Å². The highest BCUT2D eigenvalue weighted by Gasteiger charge is 2.06. The number of rotatable bonds is 7. The number of unbranched alkanes of at least 4 members (excludes halogenated alkanes) is 3. The van der Waals surface area contributed by atoms with Crippen molar-refractivity contribution >= 4 is 5.84 Å². The van der Waals surface area contributed by atoms with E-state index in [0.717, 1.165) is 6.42 Å². The fourth-order valence-electron chi connectivity index (χ4n) is 0.956. The van der Waals surface area contributed by atoms with Gasteiger partial charge in [0.15, 0.2) is 5.84 Å². The first kappa shape index (κ1) is 12.2. The largest absolute Gasteiger partial charge is 0.409 e. The van der Waals surface area contributed by atoms with E-state index < -0.39 is 0 Å². The minimum absolute atomic E-state index is 0.135. The van der Waals surface area contributed by atoms with Crippen molar-refractivity contribution in [3.05, 3.63) is 0 Å². The third-order valence-electron chi connectivity index (χ3n) is 1.90. The lowest BCUT2D eigenvalue weighted by Crippen LogP contribution is -2.29. The molecule has 78 valence electrons. The van der Waals surface area contributed by atoms with Gasteiger partial charge in [-0.05, 0) is 13.3 Å². The van der Waals surface area contributed by atoms with Gasteiger partial charge in [-0.25, -0.2) is 0 Å². The predicted molar refractivity (Wildman–Crippen MR) is 53.0 cm³/mol. The summed E-state index contributed by atoms with van der Waals surface area (Å²) in [6.07, 6.45) is 4.39. The van der Waals surface area contributed by atoms with Crippen molar-refractivity contribution in [1.29, 1.82) is 0 Å². The minimum Gasteiger partial charge on any atom is -0.409 e. The molecule has 4 heteroatoms. The van der Waals surface area contributed by atoms with Crippen LogP contribution >= 0.6 is 0 Å². The van der Waals surface area contributed by atoms with Gasteiger partial charge < -0.3 is 15.7 Å². The molecule has 1 unspecified atom stereocenters. The van der Waals surface area contributed by atoms with E-state index in [1.807, 2.05) is 0 Å². The summed E-state index contributed by atoms with van der Waals surface area (Å²) in [5.41, 5.74) is 5.33. The standard InChI is InChI=1S/C9H20N2O2/c1-3-4-5-6-7-13-8(2)9(10)11-12/h8,12H,3-7H2,1-2H3,(H2,10,11). The number of nitrogens with zero attached hydrogens (tertiary/aromatic N) is 1. The summed E-state index contributed by atoms with van der Waals surface area (Å²) in [7, 11) is 0. The molecule has 0 aliphatic heterocycles. The van der Waals surface area contributed by atoms with Crippen molar-refractivity contribution in [2.75, 3.05) is 6.61 Å². The molecule has 13 heavy (non-hydrogen) atoms. The SMILES string of the molecule is CCCCCCOC(C)C(N)=NO. The van der Waals surface area contributed by atoms with Gasteiger partial charge in [0, 0.05) is 6.61 Å². The van der Waals surface area contributed by atoms with Crippen molar-refractivity contribution < 1.29 is 9.94 Å². The molecular formula is C9H20N2O2. The Kier molecular flexibility index (Phi) is 7.39. The van der Waals surface area contributed by atoms with Crippen LogP contribution in [0.2, 0.25) is 0 Å². The first-order valence-electron chi connectivity index (χ1n) is 4.81. The summed E-state index contributed by atoms with van der Waals surface area (Å²) in [5.74, 6) is 0.135. The molecule has 0 radical (unpaired) electrons. The van der Waals surface area contributed by atoms with E-state index in [4.69, 9.17) is 15.7 Å². The van der Waals surface area contributed by atoms with Gasteiger partial charge in [0.1, 0.15) is 6.10 Å². The number of hydrogen-bond acceptors (Lipinski definition) is 3. The zero-order valence-electron chi connectivity index (χ0n) is 8.49. The first-order chi connectivity index (χ1) is 6.22. The highest BCUT2D eigenvalue weighted by Crippen LogP contribution is 2.00. The summed E-state index contributed by atoms with van der Waals surface area (Å²) < 4.78 is 5.33. The minimum atomic E-state index is -0.286. The van der Waals surface area contributed by atoms with Crippen LogP contribution in [-0.4, -0.2) is 23.8 Å². The number of hydrogen-bond donors (Lipinski definition) is 2. The van der Waals surface area contributed by atoms with Crippen molar-refractivity contribution in [2.24, 2.45) is 10.9 Å². The molecule has 0 fully saturated rings. The van der Waals surface area contributed by atoms with Crippen molar-refractivity contribution in [3.63, 3.8) is 0 Å². The van der Waals surface area contributed by atoms with E-state index in [0.29, 0.717) is 6.61 Å². The van der Waals surface area contributed by atoms with Crippen LogP contribution in [0.4, 0.5) is 0 Å². The molecule has 0 aliphatic rings. The summed E-state index contributed by atoms with van der Waals surface area (Å²) >= 11 is 0. The Bertz CT molecular complexity index is 149. The van der Waals surface area contributed by atoms with Crippen LogP contribution in [0.15, 0.2) is 5.16 Å². The average molecular weight is 188 g/mol. The zero-order valence-corrected chi connectivity index (χ0v) is 8.49. The van der Waals surface area contributed by atoms with Crippen LogP contribution in [0.25, 0.3) is 0 Å². The molecule has 0 aromatic carbocycles. The average Bonchev–Trinajstić information content (AvgIpc) is 2.16. The zero-order chi connectivity index (χ0) is 10.1. The number of amidine groups is 1. The Hall–Kier alpha value is -0.770. The van der Waals surface area contributed by atoms with E-state index in [2.05, 4.69) is 12.1 Å². The second-order valence-electron chi connectivity index (χ2n) is 3.10. The molecule has 0 heterocycles. The number of nitrogens with two attached hydrogens (primary N) is 1. The van der Waals surface area contributed by atoms with Gasteiger partial charge in [-0.1, -0.05) is 31.3 Å². The Morgan fingerprint density at radius 2 is 2.15 bits per heavy atom. The molecule has 0 saturated carbocycles. The van der Waals surface area contributed by atoms with Gasteiger partial charge in [0.25, 0.3) is 0 Å². The molecule has 0 bridgehead atoms. The van der Waals surface area contributed by atoms with Crippen LogP contribution in [0.5, 0.6) is 0 Å². The van der Waals surface area contributed by atoms with E-state index in [1.54, 1.807) is 6.92 Å². The molecule has 0 aromatic heterocycles. The Morgan fingerprint density at radius 1 is 1.46 bits per heavy atom. The van der Waals surface area contributed by atoms with E-state index in [9.17, 15) is 0 Å². The Labute approximate surface area is 79.8 Å². The molecule has 0 aromatic rings. The smallest absolute Gasteiger partial charge is 0.168 e. The third kappa shape index (κ3) is 6.40. The van der Waals surface area contributed by atoms with Crippen LogP contribution in [-0.2, 0) is 4.74 Å². The molecule has 0 aliphatic carbocycles. The van der Waals surface area contributed by atoms with Gasteiger partial charge in [0.2, 0.25) is 0 Å². The number of ether oxygens (including phenoxy) is 1. The van der Waals surface area contributed by atoms with Gasteiger partial charge in [0.05, 0.1) is 0 Å². The lowest BCUT2D eigenvalue weighted by molar-refractivity contribution is 0.102. The lowest BCUT2D eigenvalue weighted by Gasteiger charge is -2.10. The fraction of sp³-hybridized carbons (Fsp3) is 0.889. The van der Waals surface area contributed by atoms with E-state index in [-0.39, 0.29) is 11.9 Å². The van der Waals surface area contributed by atoms with Crippen molar-refractivity contribution in [3.8, 4) is 0 Å². The second-order valence-corrected chi connectivity index (χ2v) is 3.10. The maximum Gasteiger partial charge on any atom is 0.168 e. The van der Waals surface area contributed by atoms with Gasteiger partial charge in [-0.3, -0.25) is 0 Å². The molecule has 0 rings (SSSR count). The van der Waals surface area contributed by atoms with Crippen molar-refractivity contribution in [1.82, 2.24) is 0 Å². The normalized spacial score (nSPS) is 14.5. The molecule has 3 N–H and O–H groups in total. The van der Waals surface area contributed by atoms with Gasteiger partial charge in [-0.15, -0.1) is 0 Å². The number of oxime groups is 1. The van der Waals surface area contributed by atoms with Crippen molar-refractivity contribution in [2.45, 2.75) is 45.6 Å². The first-order valence-corrected chi connectivity index (χ1v) is 4.81.